The van der Waals surface area contributed by atoms with Crippen LogP contribution in [0.5, 0.6) is 0 Å². The molecule has 0 saturated heterocycles. The maximum absolute atomic E-state index is 15.2. The molecule has 31 heavy (non-hydrogen) atoms. The maximum Gasteiger partial charge on any atom is 0.260 e. The molecule has 0 fully saturated rings. The first kappa shape index (κ1) is 21.5. The molecule has 0 saturated carbocycles. The summed E-state index contributed by atoms with van der Waals surface area (Å²) in [5.74, 6) is -0.457. The highest BCUT2D eigenvalue weighted by atomic mass is 35.5. The molecule has 5 nitrogen and oxygen atoms in total. The van der Waals surface area contributed by atoms with E-state index < -0.39 is 15.8 Å². The molecule has 0 radical (unpaired) electrons. The summed E-state index contributed by atoms with van der Waals surface area (Å²) in [5.41, 5.74) is 1.28. The summed E-state index contributed by atoms with van der Waals surface area (Å²) in [6, 6.07) is 20.1. The van der Waals surface area contributed by atoms with Crippen molar-refractivity contribution in [1.82, 2.24) is 14.3 Å². The zero-order chi connectivity index (χ0) is 22.2. The van der Waals surface area contributed by atoms with Crippen molar-refractivity contribution in [1.29, 1.82) is 0 Å². The molecule has 0 aliphatic heterocycles. The van der Waals surface area contributed by atoms with E-state index in [9.17, 15) is 8.42 Å². The van der Waals surface area contributed by atoms with E-state index in [4.69, 9.17) is 23.2 Å². The van der Waals surface area contributed by atoms with Gasteiger partial charge in [-0.2, -0.15) is 0 Å². The van der Waals surface area contributed by atoms with Gasteiger partial charge in [-0.1, -0.05) is 71.7 Å². The van der Waals surface area contributed by atoms with E-state index >= 15 is 4.39 Å². The third-order valence-corrected chi connectivity index (χ3v) is 6.53. The molecule has 9 heteroatoms. The summed E-state index contributed by atoms with van der Waals surface area (Å²) >= 11 is 12.2. The minimum absolute atomic E-state index is 0.0615. The van der Waals surface area contributed by atoms with E-state index in [1.54, 1.807) is 54.6 Å². The van der Waals surface area contributed by atoms with Crippen LogP contribution in [0.4, 0.5) is 4.39 Å². The number of halogens is 3. The predicted molar refractivity (Wildman–Crippen MR) is 121 cm³/mol. The van der Waals surface area contributed by atoms with Crippen molar-refractivity contribution in [3.05, 3.63) is 88.7 Å². The van der Waals surface area contributed by atoms with E-state index in [-0.39, 0.29) is 27.3 Å². The summed E-state index contributed by atoms with van der Waals surface area (Å²) in [6.07, 6.45) is 0. The molecule has 0 unspecified atom stereocenters. The number of nitrogens with zero attached hydrogens (tertiary/aromatic N) is 2. The molecule has 0 atom stereocenters. The highest BCUT2D eigenvalue weighted by molar-refractivity contribution is 7.89. The van der Waals surface area contributed by atoms with Gasteiger partial charge in [0.15, 0.2) is 10.8 Å². The van der Waals surface area contributed by atoms with Crippen LogP contribution >= 0.6 is 23.2 Å². The largest absolute Gasteiger partial charge is 0.288 e. The lowest BCUT2D eigenvalue weighted by molar-refractivity contribution is 0.585. The minimum atomic E-state index is -4.01. The molecule has 0 aliphatic rings. The van der Waals surface area contributed by atoms with E-state index in [1.807, 2.05) is 6.07 Å². The molecule has 0 aliphatic carbocycles. The number of hydrogen-bond donors (Lipinski definition) is 1. The number of benzene rings is 3. The van der Waals surface area contributed by atoms with Crippen LogP contribution in [0, 0.1) is 5.82 Å². The van der Waals surface area contributed by atoms with Crippen molar-refractivity contribution in [2.45, 2.75) is 5.03 Å². The third kappa shape index (κ3) is 3.97. The van der Waals surface area contributed by atoms with Crippen LogP contribution in [-0.4, -0.2) is 25.0 Å². The molecule has 0 bridgehead atoms. The number of imidazole rings is 1. The Morgan fingerprint density at radius 2 is 1.61 bits per heavy atom. The number of sulfonamides is 1. The van der Waals surface area contributed by atoms with Crippen LogP contribution in [0.1, 0.15) is 0 Å². The van der Waals surface area contributed by atoms with Gasteiger partial charge in [-0.25, -0.2) is 22.5 Å². The van der Waals surface area contributed by atoms with Gasteiger partial charge in [-0.15, -0.1) is 0 Å². The van der Waals surface area contributed by atoms with Crippen LogP contribution in [0.2, 0.25) is 10.0 Å². The topological polar surface area (TPSA) is 64.0 Å². The van der Waals surface area contributed by atoms with Crippen molar-refractivity contribution in [3.8, 4) is 28.3 Å². The maximum atomic E-state index is 15.2. The number of hydrogen-bond acceptors (Lipinski definition) is 3. The highest BCUT2D eigenvalue weighted by Crippen LogP contribution is 2.37. The van der Waals surface area contributed by atoms with Crippen LogP contribution in [0.25, 0.3) is 28.3 Å². The lowest BCUT2D eigenvalue weighted by Gasteiger charge is -2.15. The predicted octanol–water partition coefficient (Wildman–Crippen LogP) is 5.56. The molecule has 4 rings (SSSR count). The fraction of sp³-hybridized carbons (Fsp3) is 0.0455. The summed E-state index contributed by atoms with van der Waals surface area (Å²) in [5, 5.41) is 0.0432. The zero-order valence-corrected chi connectivity index (χ0v) is 18.5. The van der Waals surface area contributed by atoms with E-state index in [0.29, 0.717) is 16.1 Å². The first-order valence-corrected chi connectivity index (χ1v) is 11.4. The fourth-order valence-electron chi connectivity index (χ4n) is 3.25. The molecule has 1 heterocycles. The summed E-state index contributed by atoms with van der Waals surface area (Å²) in [7, 11) is -2.72. The third-order valence-electron chi connectivity index (χ3n) is 4.67. The molecule has 1 aromatic heterocycles. The van der Waals surface area contributed by atoms with Crippen LogP contribution < -0.4 is 4.72 Å². The molecule has 4 aromatic rings. The van der Waals surface area contributed by atoms with Crippen molar-refractivity contribution >= 4 is 33.2 Å². The van der Waals surface area contributed by atoms with Crippen LogP contribution in [-0.2, 0) is 10.0 Å². The minimum Gasteiger partial charge on any atom is -0.288 e. The van der Waals surface area contributed by atoms with Gasteiger partial charge in [0.05, 0.1) is 16.4 Å². The van der Waals surface area contributed by atoms with Gasteiger partial charge in [0, 0.05) is 16.1 Å². The van der Waals surface area contributed by atoms with Crippen molar-refractivity contribution in [2.75, 3.05) is 7.05 Å². The van der Waals surface area contributed by atoms with Gasteiger partial charge in [0.25, 0.3) is 10.0 Å². The molecular weight excluding hydrogens is 460 g/mol. The van der Waals surface area contributed by atoms with E-state index in [0.717, 1.165) is 0 Å². The number of nitrogens with one attached hydrogen (secondary N) is 1. The van der Waals surface area contributed by atoms with Gasteiger partial charge in [-0.05, 0) is 31.3 Å². The summed E-state index contributed by atoms with van der Waals surface area (Å²) in [4.78, 5) is 4.44. The summed E-state index contributed by atoms with van der Waals surface area (Å²) < 4.78 is 44.8. The highest BCUT2D eigenvalue weighted by Gasteiger charge is 2.30. The Labute approximate surface area is 189 Å². The second-order valence-corrected chi connectivity index (χ2v) is 9.23. The zero-order valence-electron chi connectivity index (χ0n) is 16.2. The Morgan fingerprint density at radius 3 is 2.29 bits per heavy atom. The molecule has 158 valence electrons. The first-order chi connectivity index (χ1) is 14.8. The van der Waals surface area contributed by atoms with Crippen molar-refractivity contribution in [3.63, 3.8) is 0 Å². The average molecular weight is 476 g/mol. The van der Waals surface area contributed by atoms with Crippen molar-refractivity contribution in [2.24, 2.45) is 0 Å². The molecule has 1 N–H and O–H groups in total. The Bertz CT molecular complexity index is 1370. The van der Waals surface area contributed by atoms with Crippen LogP contribution in [0.15, 0.2) is 77.8 Å². The van der Waals surface area contributed by atoms with Crippen LogP contribution in [0.3, 0.4) is 0 Å². The number of aromatic nitrogens is 2. The smallest absolute Gasteiger partial charge is 0.260 e. The normalized spacial score (nSPS) is 11.6. The monoisotopic (exact) mass is 475 g/mol. The second-order valence-electron chi connectivity index (χ2n) is 6.58. The molecule has 0 amide bonds. The lowest BCUT2D eigenvalue weighted by atomic mass is 10.1. The number of rotatable bonds is 5. The van der Waals surface area contributed by atoms with E-state index in [2.05, 4.69) is 9.71 Å². The quantitative estimate of drug-likeness (QED) is 0.410. The van der Waals surface area contributed by atoms with Crippen molar-refractivity contribution < 1.29 is 12.8 Å². The Morgan fingerprint density at radius 1 is 0.935 bits per heavy atom. The van der Waals surface area contributed by atoms with Gasteiger partial charge in [-0.3, -0.25) is 4.57 Å². The molecular formula is C22H16Cl2FN3O2S. The molecule has 3 aromatic carbocycles. The Kier molecular flexibility index (Phi) is 5.85. The standard InChI is InChI=1S/C22H16Cl2FN3O2S/c1-26-31(29,30)22-20(15-9-5-10-16(23)13-15)28(18-12-6-11-17(24)19(18)25)21(27-22)14-7-3-2-4-8-14/h2-13,26H,1H3. The SMILES string of the molecule is CNS(=O)(=O)c1nc(-c2ccccc2)n(-c2cccc(Cl)c2F)c1-c1cccc(Cl)c1. The lowest BCUT2D eigenvalue weighted by Crippen LogP contribution is -2.20. The van der Waals surface area contributed by atoms with Gasteiger partial charge in [0.2, 0.25) is 0 Å². The Balaban J connectivity index is 2.20. The average Bonchev–Trinajstić information content (AvgIpc) is 3.17. The van der Waals surface area contributed by atoms with Gasteiger partial charge >= 0.3 is 0 Å². The molecule has 0 spiro atoms. The first-order valence-electron chi connectivity index (χ1n) is 9.15. The second kappa shape index (κ2) is 8.43. The van der Waals surface area contributed by atoms with E-state index in [1.165, 1.54) is 23.7 Å². The summed E-state index contributed by atoms with van der Waals surface area (Å²) in [6.45, 7) is 0. The van der Waals surface area contributed by atoms with Gasteiger partial charge < -0.3 is 0 Å². The van der Waals surface area contributed by atoms with Gasteiger partial charge in [0.1, 0.15) is 5.82 Å². The Hall–Kier alpha value is -2.71. The fourth-order valence-corrected chi connectivity index (χ4v) is 4.48.